The van der Waals surface area contributed by atoms with Crippen molar-refractivity contribution in [1.82, 2.24) is 19.9 Å². The third-order valence-electron chi connectivity index (χ3n) is 6.21. The number of nitrogens with one attached hydrogen (secondary N) is 1. The number of aromatic amines is 1. The highest BCUT2D eigenvalue weighted by Crippen LogP contribution is 2.29. The van der Waals surface area contributed by atoms with Gasteiger partial charge in [0.25, 0.3) is 0 Å². The summed E-state index contributed by atoms with van der Waals surface area (Å²) in [6.07, 6.45) is -3.09. The zero-order chi connectivity index (χ0) is 25.3. The molecule has 10 heteroatoms. The lowest BCUT2D eigenvalue weighted by atomic mass is 10.1. The second-order valence-electron chi connectivity index (χ2n) is 8.74. The Kier molecular flexibility index (Phi) is 6.26. The number of ether oxygens (including phenoxy) is 1. The number of amides is 1. The first-order chi connectivity index (χ1) is 17.2. The van der Waals surface area contributed by atoms with Gasteiger partial charge in [0.1, 0.15) is 23.5 Å². The Morgan fingerprint density at radius 3 is 2.36 bits per heavy atom. The molecule has 7 nitrogen and oxygen atoms in total. The maximum Gasteiger partial charge on any atom is 0.573 e. The van der Waals surface area contributed by atoms with E-state index in [-0.39, 0.29) is 18.1 Å². The molecule has 5 rings (SSSR count). The summed E-state index contributed by atoms with van der Waals surface area (Å²) in [5.41, 5.74) is 4.61. The molecule has 36 heavy (non-hydrogen) atoms. The lowest BCUT2D eigenvalue weighted by molar-refractivity contribution is -0.274. The Morgan fingerprint density at radius 2 is 1.69 bits per heavy atom. The Balaban J connectivity index is 1.23. The van der Waals surface area contributed by atoms with E-state index in [0.29, 0.717) is 31.7 Å². The van der Waals surface area contributed by atoms with Crippen LogP contribution in [0.25, 0.3) is 22.3 Å². The van der Waals surface area contributed by atoms with Crippen LogP contribution in [0.1, 0.15) is 11.1 Å². The number of piperazine rings is 1. The van der Waals surface area contributed by atoms with Crippen LogP contribution in [0.4, 0.5) is 19.0 Å². The van der Waals surface area contributed by atoms with Gasteiger partial charge < -0.3 is 19.5 Å². The molecule has 1 amide bonds. The van der Waals surface area contributed by atoms with Crippen molar-refractivity contribution in [1.29, 1.82) is 0 Å². The average molecular weight is 496 g/mol. The van der Waals surface area contributed by atoms with Crippen molar-refractivity contribution in [3.63, 3.8) is 0 Å². The number of nitrogens with zero attached hydrogens (tertiary/aromatic N) is 4. The number of carbonyl (C=O) groups excluding carboxylic acids is 1. The fraction of sp³-hybridized carbons (Fsp3) is 0.269. The van der Waals surface area contributed by atoms with Gasteiger partial charge in [-0.15, -0.1) is 13.2 Å². The molecular weight excluding hydrogens is 471 g/mol. The summed E-state index contributed by atoms with van der Waals surface area (Å²) in [4.78, 5) is 29.0. The highest BCUT2D eigenvalue weighted by atomic mass is 19.4. The Morgan fingerprint density at radius 1 is 1.00 bits per heavy atom. The van der Waals surface area contributed by atoms with Crippen molar-refractivity contribution < 1.29 is 22.7 Å². The normalized spacial score (nSPS) is 14.3. The molecule has 4 aromatic rings. The first-order valence-corrected chi connectivity index (χ1v) is 11.5. The van der Waals surface area contributed by atoms with Crippen molar-refractivity contribution in [3.05, 3.63) is 72.1 Å². The third-order valence-corrected chi connectivity index (χ3v) is 6.21. The molecule has 186 valence electrons. The number of alkyl halides is 3. The molecular formula is C26H24F3N5O2. The van der Waals surface area contributed by atoms with Crippen LogP contribution in [0.15, 0.2) is 60.9 Å². The van der Waals surface area contributed by atoms with Gasteiger partial charge in [0, 0.05) is 31.9 Å². The van der Waals surface area contributed by atoms with Crippen molar-refractivity contribution >= 4 is 22.8 Å². The first-order valence-electron chi connectivity index (χ1n) is 11.5. The summed E-state index contributed by atoms with van der Waals surface area (Å²) < 4.78 is 40.9. The number of fused-ring (bicyclic) bond motifs is 1. The van der Waals surface area contributed by atoms with Gasteiger partial charge in [-0.2, -0.15) is 0 Å². The molecule has 3 heterocycles. The molecule has 1 fully saturated rings. The molecule has 1 N–H and O–H groups in total. The maximum atomic E-state index is 12.8. The summed E-state index contributed by atoms with van der Waals surface area (Å²) >= 11 is 0. The van der Waals surface area contributed by atoms with Crippen LogP contribution in [0.2, 0.25) is 0 Å². The first kappa shape index (κ1) is 23.7. The Labute approximate surface area is 205 Å². The van der Waals surface area contributed by atoms with Crippen molar-refractivity contribution in [3.8, 4) is 17.0 Å². The number of benzene rings is 2. The van der Waals surface area contributed by atoms with Crippen LogP contribution < -0.4 is 9.64 Å². The minimum atomic E-state index is -4.74. The van der Waals surface area contributed by atoms with Gasteiger partial charge in [-0.1, -0.05) is 42.0 Å². The van der Waals surface area contributed by atoms with Crippen LogP contribution in [0.3, 0.4) is 0 Å². The molecule has 0 aliphatic carbocycles. The van der Waals surface area contributed by atoms with E-state index < -0.39 is 6.36 Å². The minimum Gasteiger partial charge on any atom is -0.406 e. The molecule has 1 saturated heterocycles. The largest absolute Gasteiger partial charge is 0.573 e. The number of halogens is 3. The quantitative estimate of drug-likeness (QED) is 0.434. The van der Waals surface area contributed by atoms with Crippen LogP contribution in [-0.2, 0) is 11.2 Å². The molecule has 1 aliphatic heterocycles. The summed E-state index contributed by atoms with van der Waals surface area (Å²) in [5, 5.41) is 0.925. The van der Waals surface area contributed by atoms with Gasteiger partial charge in [-0.25, -0.2) is 9.97 Å². The zero-order valence-corrected chi connectivity index (χ0v) is 19.5. The summed E-state index contributed by atoms with van der Waals surface area (Å²) in [6, 6.07) is 15.7. The van der Waals surface area contributed by atoms with Crippen LogP contribution in [-0.4, -0.2) is 58.3 Å². The predicted molar refractivity (Wildman–Crippen MR) is 130 cm³/mol. The third kappa shape index (κ3) is 5.27. The van der Waals surface area contributed by atoms with Gasteiger partial charge in [-0.3, -0.25) is 4.79 Å². The molecule has 2 aromatic heterocycles. The summed E-state index contributed by atoms with van der Waals surface area (Å²) in [7, 11) is 0. The highest BCUT2D eigenvalue weighted by molar-refractivity contribution is 5.92. The van der Waals surface area contributed by atoms with E-state index in [4.69, 9.17) is 0 Å². The number of carbonyl (C=O) groups is 1. The smallest absolute Gasteiger partial charge is 0.406 e. The number of anilines is 1. The van der Waals surface area contributed by atoms with E-state index in [0.717, 1.165) is 28.1 Å². The van der Waals surface area contributed by atoms with Gasteiger partial charge in [0.05, 0.1) is 11.8 Å². The number of hydrogen-bond donors (Lipinski definition) is 1. The number of aryl methyl sites for hydroxylation is 1. The molecule has 0 unspecified atom stereocenters. The van der Waals surface area contributed by atoms with Crippen molar-refractivity contribution in [2.24, 2.45) is 0 Å². The lowest BCUT2D eigenvalue weighted by Crippen LogP contribution is -2.49. The number of H-pyrrole nitrogens is 1. The molecule has 0 radical (unpaired) electrons. The van der Waals surface area contributed by atoms with Crippen LogP contribution in [0, 0.1) is 6.92 Å². The minimum absolute atomic E-state index is 0.0738. The van der Waals surface area contributed by atoms with Crippen molar-refractivity contribution in [2.45, 2.75) is 19.7 Å². The van der Waals surface area contributed by atoms with Gasteiger partial charge in [0.15, 0.2) is 0 Å². The monoisotopic (exact) mass is 495 g/mol. The molecule has 0 bridgehead atoms. The molecule has 1 aliphatic rings. The number of hydrogen-bond acceptors (Lipinski definition) is 5. The van der Waals surface area contributed by atoms with E-state index in [1.165, 1.54) is 36.2 Å². The van der Waals surface area contributed by atoms with Gasteiger partial charge >= 0.3 is 6.36 Å². The molecule has 0 saturated carbocycles. The fourth-order valence-electron chi connectivity index (χ4n) is 4.33. The second-order valence-corrected chi connectivity index (χ2v) is 8.74. The maximum absolute atomic E-state index is 12.8. The number of aromatic nitrogens is 3. The predicted octanol–water partition coefficient (Wildman–Crippen LogP) is 4.72. The summed E-state index contributed by atoms with van der Waals surface area (Å²) in [6.45, 7) is 4.32. The topological polar surface area (TPSA) is 74.3 Å². The van der Waals surface area contributed by atoms with Gasteiger partial charge in [-0.05, 0) is 36.2 Å². The van der Waals surface area contributed by atoms with E-state index in [1.807, 2.05) is 6.92 Å². The fourth-order valence-corrected chi connectivity index (χ4v) is 4.33. The van der Waals surface area contributed by atoms with Crippen LogP contribution in [0.5, 0.6) is 5.75 Å². The van der Waals surface area contributed by atoms with E-state index in [1.54, 1.807) is 4.90 Å². The van der Waals surface area contributed by atoms with Crippen LogP contribution >= 0.6 is 0 Å². The Hall–Kier alpha value is -4.08. The molecule has 0 spiro atoms. The zero-order valence-electron chi connectivity index (χ0n) is 19.5. The summed E-state index contributed by atoms with van der Waals surface area (Å²) in [5.74, 6) is 0.441. The highest BCUT2D eigenvalue weighted by Gasteiger charge is 2.31. The number of rotatable bonds is 5. The van der Waals surface area contributed by atoms with E-state index >= 15 is 0 Å². The SMILES string of the molecule is Cc1ccc(-c2cc3c(N4CCN(C(=O)Cc5ccc(OC(F)(F)F)cc5)CC4)ncnc3[nH]2)cc1. The van der Waals surface area contributed by atoms with E-state index in [2.05, 4.69) is 54.9 Å². The second kappa shape index (κ2) is 9.52. The standard InChI is InChI=1S/C26H24F3N5O2/c1-17-2-6-19(7-3-17)22-15-21-24(32-22)30-16-31-25(21)34-12-10-33(11-13-34)23(35)14-18-4-8-20(9-5-18)36-26(27,28)29/h2-9,15-16H,10-14H2,1H3,(H,30,31,32). The molecule has 2 aromatic carbocycles. The lowest BCUT2D eigenvalue weighted by Gasteiger charge is -2.35. The van der Waals surface area contributed by atoms with Crippen molar-refractivity contribution in [2.75, 3.05) is 31.1 Å². The average Bonchev–Trinajstić information content (AvgIpc) is 3.29. The van der Waals surface area contributed by atoms with Gasteiger partial charge in [0.2, 0.25) is 5.91 Å². The van der Waals surface area contributed by atoms with E-state index in [9.17, 15) is 18.0 Å². The molecule has 0 atom stereocenters. The Bertz CT molecular complexity index is 1360.